The van der Waals surface area contributed by atoms with Gasteiger partial charge in [-0.1, -0.05) is 17.3 Å². The van der Waals surface area contributed by atoms with Crippen molar-refractivity contribution in [2.75, 3.05) is 7.11 Å². The highest BCUT2D eigenvalue weighted by atomic mass is 79.9. The second kappa shape index (κ2) is 5.68. The van der Waals surface area contributed by atoms with E-state index in [9.17, 15) is 0 Å². The number of ether oxygens (including phenoxy) is 1. The molecule has 0 aliphatic heterocycles. The molecule has 0 amide bonds. The largest absolute Gasteiger partial charge is 0.496 e. The Morgan fingerprint density at radius 1 is 1.47 bits per heavy atom. The molecular weight excluding hydrogens is 310 g/mol. The first-order valence-electron chi connectivity index (χ1n) is 5.74. The quantitative estimate of drug-likeness (QED) is 0.657. The number of halogens is 1. The molecular formula is C12H16BrN5O. The minimum Gasteiger partial charge on any atom is -0.496 e. The van der Waals surface area contributed by atoms with E-state index in [1.165, 1.54) is 0 Å². The van der Waals surface area contributed by atoms with Gasteiger partial charge in [-0.05, 0) is 40.0 Å². The van der Waals surface area contributed by atoms with Gasteiger partial charge in [-0.3, -0.25) is 5.84 Å². The molecule has 1 aromatic heterocycles. The zero-order valence-corrected chi connectivity index (χ0v) is 12.6. The number of hydrazine groups is 1. The highest BCUT2D eigenvalue weighted by molar-refractivity contribution is 9.10. The average molecular weight is 326 g/mol. The molecule has 102 valence electrons. The first-order chi connectivity index (χ1) is 9.08. The van der Waals surface area contributed by atoms with E-state index >= 15 is 0 Å². The molecule has 0 radical (unpaired) electrons. The molecule has 7 heteroatoms. The first kappa shape index (κ1) is 14.0. The minimum absolute atomic E-state index is 0.195. The fourth-order valence-corrected chi connectivity index (χ4v) is 2.62. The zero-order valence-electron chi connectivity index (χ0n) is 11.0. The summed E-state index contributed by atoms with van der Waals surface area (Å²) in [7, 11) is 3.48. The fourth-order valence-electron chi connectivity index (χ4n) is 2.06. The Labute approximate surface area is 120 Å². The standard InChI is InChI=1S/C12H16BrN5O/c1-7-6-8(4-5-9(7)19-3)10(15-14)11-12(13)16-17-18(11)2/h4-6,10,15H,14H2,1-3H3. The van der Waals surface area contributed by atoms with Gasteiger partial charge in [-0.2, -0.15) is 0 Å². The van der Waals surface area contributed by atoms with E-state index < -0.39 is 0 Å². The van der Waals surface area contributed by atoms with Crippen molar-refractivity contribution in [1.29, 1.82) is 0 Å². The summed E-state index contributed by atoms with van der Waals surface area (Å²) in [6.07, 6.45) is 0. The van der Waals surface area contributed by atoms with Gasteiger partial charge in [-0.15, -0.1) is 5.10 Å². The maximum Gasteiger partial charge on any atom is 0.153 e. The number of benzene rings is 1. The first-order valence-corrected chi connectivity index (χ1v) is 6.53. The molecule has 0 bridgehead atoms. The fraction of sp³-hybridized carbons (Fsp3) is 0.333. The third kappa shape index (κ3) is 2.63. The van der Waals surface area contributed by atoms with E-state index in [0.29, 0.717) is 4.60 Å². The lowest BCUT2D eigenvalue weighted by Crippen LogP contribution is -2.30. The van der Waals surface area contributed by atoms with Crippen LogP contribution in [0.5, 0.6) is 5.75 Å². The van der Waals surface area contributed by atoms with Gasteiger partial charge in [0.1, 0.15) is 5.75 Å². The Balaban J connectivity index is 2.46. The molecule has 2 rings (SSSR count). The molecule has 0 saturated heterocycles. The van der Waals surface area contributed by atoms with Crippen molar-refractivity contribution >= 4 is 15.9 Å². The summed E-state index contributed by atoms with van der Waals surface area (Å²) in [6.45, 7) is 1.99. The highest BCUT2D eigenvalue weighted by Crippen LogP contribution is 2.29. The topological polar surface area (TPSA) is 78.0 Å². The van der Waals surface area contributed by atoms with Crippen LogP contribution in [0.25, 0.3) is 0 Å². The summed E-state index contributed by atoms with van der Waals surface area (Å²) in [5.41, 5.74) is 5.73. The summed E-state index contributed by atoms with van der Waals surface area (Å²) in [4.78, 5) is 0. The van der Waals surface area contributed by atoms with Crippen LogP contribution in [0.15, 0.2) is 22.8 Å². The van der Waals surface area contributed by atoms with Crippen LogP contribution in [0.2, 0.25) is 0 Å². The SMILES string of the molecule is COc1ccc(C(NN)c2c(Br)nnn2C)cc1C. The molecule has 0 fully saturated rings. The zero-order chi connectivity index (χ0) is 14.0. The highest BCUT2D eigenvalue weighted by Gasteiger charge is 2.21. The molecule has 1 heterocycles. The van der Waals surface area contributed by atoms with Crippen molar-refractivity contribution in [3.05, 3.63) is 39.6 Å². The maximum atomic E-state index is 5.68. The van der Waals surface area contributed by atoms with Gasteiger partial charge in [0.2, 0.25) is 0 Å². The Hall–Kier alpha value is -1.44. The molecule has 19 heavy (non-hydrogen) atoms. The van der Waals surface area contributed by atoms with E-state index in [-0.39, 0.29) is 6.04 Å². The van der Waals surface area contributed by atoms with Crippen molar-refractivity contribution < 1.29 is 4.74 Å². The molecule has 0 saturated carbocycles. The molecule has 6 nitrogen and oxygen atoms in total. The van der Waals surface area contributed by atoms with Gasteiger partial charge in [-0.25, -0.2) is 10.1 Å². The second-order valence-electron chi connectivity index (χ2n) is 4.22. The van der Waals surface area contributed by atoms with E-state index in [0.717, 1.165) is 22.6 Å². The smallest absolute Gasteiger partial charge is 0.153 e. The van der Waals surface area contributed by atoms with Crippen molar-refractivity contribution in [3.63, 3.8) is 0 Å². The Kier molecular flexibility index (Phi) is 4.18. The van der Waals surface area contributed by atoms with Crippen molar-refractivity contribution in [2.45, 2.75) is 13.0 Å². The van der Waals surface area contributed by atoms with Crippen molar-refractivity contribution in [2.24, 2.45) is 12.9 Å². The van der Waals surface area contributed by atoms with Crippen LogP contribution in [0.1, 0.15) is 22.9 Å². The van der Waals surface area contributed by atoms with E-state index in [2.05, 4.69) is 31.7 Å². The van der Waals surface area contributed by atoms with E-state index in [4.69, 9.17) is 10.6 Å². The molecule has 0 aliphatic carbocycles. The minimum atomic E-state index is -0.195. The molecule has 1 aromatic carbocycles. The number of hydrogen-bond acceptors (Lipinski definition) is 5. The molecule has 1 atom stereocenters. The van der Waals surface area contributed by atoms with Crippen LogP contribution < -0.4 is 16.0 Å². The van der Waals surface area contributed by atoms with Gasteiger partial charge in [0.25, 0.3) is 0 Å². The van der Waals surface area contributed by atoms with Gasteiger partial charge in [0, 0.05) is 7.05 Å². The number of aryl methyl sites for hydroxylation is 2. The predicted octanol–water partition coefficient (Wildman–Crippen LogP) is 1.45. The number of hydrogen-bond donors (Lipinski definition) is 2. The average Bonchev–Trinajstić information content (AvgIpc) is 2.72. The van der Waals surface area contributed by atoms with Crippen LogP contribution in [0.4, 0.5) is 0 Å². The monoisotopic (exact) mass is 325 g/mol. The number of nitrogens with one attached hydrogen (secondary N) is 1. The number of nitrogens with zero attached hydrogens (tertiary/aromatic N) is 3. The summed E-state index contributed by atoms with van der Waals surface area (Å²) in [5, 5.41) is 7.94. The lowest BCUT2D eigenvalue weighted by molar-refractivity contribution is 0.411. The molecule has 0 spiro atoms. The maximum absolute atomic E-state index is 5.68. The molecule has 2 aromatic rings. The van der Waals surface area contributed by atoms with E-state index in [1.54, 1.807) is 11.8 Å². The third-order valence-corrected chi connectivity index (χ3v) is 3.58. The Morgan fingerprint density at radius 2 is 2.21 bits per heavy atom. The van der Waals surface area contributed by atoms with Gasteiger partial charge < -0.3 is 4.74 Å². The normalized spacial score (nSPS) is 12.5. The number of rotatable bonds is 4. The van der Waals surface area contributed by atoms with E-state index in [1.807, 2.05) is 32.2 Å². The van der Waals surface area contributed by atoms with Crippen LogP contribution in [-0.4, -0.2) is 22.1 Å². The van der Waals surface area contributed by atoms with Gasteiger partial charge in [0.05, 0.1) is 18.8 Å². The molecule has 0 aliphatic rings. The van der Waals surface area contributed by atoms with Crippen LogP contribution in [0.3, 0.4) is 0 Å². The second-order valence-corrected chi connectivity index (χ2v) is 4.97. The Bertz CT molecular complexity index is 564. The van der Waals surface area contributed by atoms with Gasteiger partial charge >= 0.3 is 0 Å². The number of methoxy groups -OCH3 is 1. The number of aromatic nitrogens is 3. The lowest BCUT2D eigenvalue weighted by Gasteiger charge is -2.18. The lowest BCUT2D eigenvalue weighted by atomic mass is 10.0. The number of nitrogens with two attached hydrogens (primary N) is 1. The third-order valence-electron chi connectivity index (χ3n) is 3.02. The summed E-state index contributed by atoms with van der Waals surface area (Å²) >= 11 is 3.39. The summed E-state index contributed by atoms with van der Waals surface area (Å²) < 4.78 is 7.62. The van der Waals surface area contributed by atoms with Crippen LogP contribution in [0, 0.1) is 6.92 Å². The summed E-state index contributed by atoms with van der Waals surface area (Å²) in [5.74, 6) is 6.53. The van der Waals surface area contributed by atoms with Crippen LogP contribution >= 0.6 is 15.9 Å². The van der Waals surface area contributed by atoms with Gasteiger partial charge in [0.15, 0.2) is 4.60 Å². The van der Waals surface area contributed by atoms with Crippen molar-refractivity contribution in [3.8, 4) is 5.75 Å². The predicted molar refractivity (Wildman–Crippen MR) is 75.6 cm³/mol. The molecule has 3 N–H and O–H groups in total. The molecule has 1 unspecified atom stereocenters. The van der Waals surface area contributed by atoms with Crippen molar-refractivity contribution in [1.82, 2.24) is 20.4 Å². The van der Waals surface area contributed by atoms with Crippen LogP contribution in [-0.2, 0) is 7.05 Å². The Morgan fingerprint density at radius 3 is 2.68 bits per heavy atom. The summed E-state index contributed by atoms with van der Waals surface area (Å²) in [6, 6.07) is 5.73.